The molecule has 0 atom stereocenters. The van der Waals surface area contributed by atoms with E-state index in [1.165, 1.54) is 0 Å². The molecule has 21 heavy (non-hydrogen) atoms. The van der Waals surface area contributed by atoms with Gasteiger partial charge in [0.25, 0.3) is 5.91 Å². The number of piperidine rings is 1. The molecule has 1 amide bonds. The minimum Gasteiger partial charge on any atom is -0.409 e. The molecule has 2 rings (SSSR count). The number of hydrogen-bond acceptors (Lipinski definition) is 3. The fourth-order valence-corrected chi connectivity index (χ4v) is 3.73. The number of halogens is 2. The molecule has 1 saturated heterocycles. The van der Waals surface area contributed by atoms with Crippen molar-refractivity contribution in [1.82, 2.24) is 4.90 Å². The quantitative estimate of drug-likeness (QED) is 0.335. The summed E-state index contributed by atoms with van der Waals surface area (Å²) in [4.78, 5) is 14.3. The highest BCUT2D eigenvalue weighted by atomic mass is 79.9. The second-order valence-electron chi connectivity index (χ2n) is 5.50. The van der Waals surface area contributed by atoms with E-state index in [2.05, 4.69) is 37.0 Å². The number of nitrogens with two attached hydrogens (primary N) is 1. The lowest BCUT2D eigenvalue weighted by Gasteiger charge is -2.38. The van der Waals surface area contributed by atoms with E-state index in [4.69, 9.17) is 10.9 Å². The van der Waals surface area contributed by atoms with Crippen LogP contribution in [0.4, 0.5) is 0 Å². The molecule has 0 aliphatic carbocycles. The van der Waals surface area contributed by atoms with Crippen molar-refractivity contribution in [3.05, 3.63) is 32.7 Å². The summed E-state index contributed by atoms with van der Waals surface area (Å²) in [5.41, 5.74) is 6.04. The van der Waals surface area contributed by atoms with Gasteiger partial charge in [0.1, 0.15) is 5.84 Å². The summed E-state index contributed by atoms with van der Waals surface area (Å²) in [6.07, 6.45) is 1.37. The van der Waals surface area contributed by atoms with E-state index in [0.717, 1.165) is 8.95 Å². The topological polar surface area (TPSA) is 78.9 Å². The largest absolute Gasteiger partial charge is 0.409 e. The van der Waals surface area contributed by atoms with Crippen molar-refractivity contribution in [3.8, 4) is 0 Å². The summed E-state index contributed by atoms with van der Waals surface area (Å²) in [5, 5.41) is 12.0. The Morgan fingerprint density at radius 2 is 1.81 bits per heavy atom. The smallest absolute Gasteiger partial charge is 0.253 e. The first-order valence-electron chi connectivity index (χ1n) is 6.59. The lowest BCUT2D eigenvalue weighted by Crippen LogP contribution is -2.47. The molecular formula is C14H17Br2N3O2. The van der Waals surface area contributed by atoms with Gasteiger partial charge in [-0.3, -0.25) is 4.79 Å². The van der Waals surface area contributed by atoms with E-state index < -0.39 is 0 Å². The normalized spacial score (nSPS) is 18.6. The van der Waals surface area contributed by atoms with Crippen molar-refractivity contribution in [1.29, 1.82) is 0 Å². The number of carbonyl (C=O) groups is 1. The summed E-state index contributed by atoms with van der Waals surface area (Å²) >= 11 is 6.78. The lowest BCUT2D eigenvalue weighted by molar-refractivity contribution is 0.0666. The van der Waals surface area contributed by atoms with Crippen LogP contribution in [0.5, 0.6) is 0 Å². The minimum absolute atomic E-state index is 0.00133. The second-order valence-corrected chi connectivity index (χ2v) is 7.33. The molecule has 0 bridgehead atoms. The summed E-state index contributed by atoms with van der Waals surface area (Å²) < 4.78 is 1.72. The summed E-state index contributed by atoms with van der Waals surface area (Å²) in [7, 11) is 0. The number of oxime groups is 1. The molecule has 0 aromatic heterocycles. The third-order valence-electron chi connectivity index (χ3n) is 3.99. The van der Waals surface area contributed by atoms with Crippen LogP contribution in [0.15, 0.2) is 32.3 Å². The first-order chi connectivity index (χ1) is 9.85. The van der Waals surface area contributed by atoms with Crippen molar-refractivity contribution in [2.75, 3.05) is 13.1 Å². The van der Waals surface area contributed by atoms with Crippen LogP contribution in [0.25, 0.3) is 0 Å². The molecule has 1 heterocycles. The standard InChI is InChI=1S/C14H17Br2N3O2/c1-14(13(17)18-21)2-4-19(5-3-14)12(20)9-6-10(15)8-11(16)7-9/h6-8,21H,2-5H2,1H3,(H2,17,18). The average Bonchev–Trinajstić information content (AvgIpc) is 2.45. The lowest BCUT2D eigenvalue weighted by atomic mass is 9.79. The van der Waals surface area contributed by atoms with Gasteiger partial charge in [-0.15, -0.1) is 0 Å². The zero-order valence-corrected chi connectivity index (χ0v) is 14.8. The Morgan fingerprint density at radius 3 is 2.29 bits per heavy atom. The molecule has 0 saturated carbocycles. The Balaban J connectivity index is 2.10. The van der Waals surface area contributed by atoms with Crippen molar-refractivity contribution < 1.29 is 10.0 Å². The molecule has 7 heteroatoms. The van der Waals surface area contributed by atoms with Gasteiger partial charge in [0.2, 0.25) is 0 Å². The van der Waals surface area contributed by atoms with Crippen LogP contribution in [0, 0.1) is 5.41 Å². The maximum absolute atomic E-state index is 12.5. The molecule has 1 aromatic rings. The van der Waals surface area contributed by atoms with Crippen LogP contribution in [0.3, 0.4) is 0 Å². The Kier molecular flexibility index (Phi) is 4.93. The first-order valence-corrected chi connectivity index (χ1v) is 8.18. The molecule has 114 valence electrons. The number of nitrogens with zero attached hydrogens (tertiary/aromatic N) is 2. The van der Waals surface area contributed by atoms with Gasteiger partial charge < -0.3 is 15.8 Å². The van der Waals surface area contributed by atoms with Crippen LogP contribution in [0.1, 0.15) is 30.1 Å². The van der Waals surface area contributed by atoms with Crippen LogP contribution < -0.4 is 5.73 Å². The highest BCUT2D eigenvalue weighted by Gasteiger charge is 2.35. The number of carbonyl (C=O) groups excluding carboxylic acids is 1. The van der Waals surface area contributed by atoms with Gasteiger partial charge in [-0.2, -0.15) is 0 Å². The van der Waals surface area contributed by atoms with Gasteiger partial charge in [-0.25, -0.2) is 0 Å². The third kappa shape index (κ3) is 3.58. The van der Waals surface area contributed by atoms with E-state index in [-0.39, 0.29) is 17.2 Å². The highest BCUT2D eigenvalue weighted by molar-refractivity contribution is 9.11. The highest BCUT2D eigenvalue weighted by Crippen LogP contribution is 2.32. The predicted octanol–water partition coefficient (Wildman–Crippen LogP) is 3.20. The third-order valence-corrected chi connectivity index (χ3v) is 4.91. The van der Waals surface area contributed by atoms with Crippen LogP contribution >= 0.6 is 31.9 Å². The molecule has 0 radical (unpaired) electrons. The Morgan fingerprint density at radius 1 is 1.29 bits per heavy atom. The summed E-state index contributed by atoms with van der Waals surface area (Å²) in [5.74, 6) is 0.235. The maximum atomic E-state index is 12.5. The van der Waals surface area contributed by atoms with Crippen LogP contribution in [-0.4, -0.2) is 34.9 Å². The van der Waals surface area contributed by atoms with Crippen molar-refractivity contribution in [3.63, 3.8) is 0 Å². The number of likely N-dealkylation sites (tertiary alicyclic amines) is 1. The summed E-state index contributed by atoms with van der Waals surface area (Å²) in [6.45, 7) is 3.14. The first kappa shape index (κ1) is 16.3. The van der Waals surface area contributed by atoms with E-state index in [1.807, 2.05) is 25.1 Å². The van der Waals surface area contributed by atoms with Crippen molar-refractivity contribution in [2.24, 2.45) is 16.3 Å². The van der Waals surface area contributed by atoms with Gasteiger partial charge >= 0.3 is 0 Å². The number of hydrogen-bond donors (Lipinski definition) is 2. The minimum atomic E-state index is -0.344. The fourth-order valence-electron chi connectivity index (χ4n) is 2.44. The molecule has 0 unspecified atom stereocenters. The Labute approximate surface area is 140 Å². The molecular weight excluding hydrogens is 402 g/mol. The zero-order valence-electron chi connectivity index (χ0n) is 11.6. The van der Waals surface area contributed by atoms with Crippen LogP contribution in [0.2, 0.25) is 0 Å². The van der Waals surface area contributed by atoms with E-state index in [1.54, 1.807) is 4.90 Å². The molecule has 1 aromatic carbocycles. The molecule has 3 N–H and O–H groups in total. The van der Waals surface area contributed by atoms with E-state index in [0.29, 0.717) is 31.5 Å². The van der Waals surface area contributed by atoms with Gasteiger partial charge in [-0.05, 0) is 31.0 Å². The Hall–Kier alpha value is -1.08. The number of rotatable bonds is 2. The second kappa shape index (κ2) is 6.36. The molecule has 1 aliphatic heterocycles. The van der Waals surface area contributed by atoms with Crippen LogP contribution in [-0.2, 0) is 0 Å². The molecule has 1 fully saturated rings. The van der Waals surface area contributed by atoms with Gasteiger partial charge in [0, 0.05) is 33.0 Å². The molecule has 0 spiro atoms. The van der Waals surface area contributed by atoms with E-state index in [9.17, 15) is 4.79 Å². The van der Waals surface area contributed by atoms with Gasteiger partial charge in [-0.1, -0.05) is 43.9 Å². The summed E-state index contributed by atoms with van der Waals surface area (Å²) in [6, 6.07) is 5.51. The maximum Gasteiger partial charge on any atom is 0.253 e. The monoisotopic (exact) mass is 417 g/mol. The zero-order chi connectivity index (χ0) is 15.6. The number of amides is 1. The van der Waals surface area contributed by atoms with Gasteiger partial charge in [0.15, 0.2) is 0 Å². The van der Waals surface area contributed by atoms with Gasteiger partial charge in [0.05, 0.1) is 0 Å². The van der Waals surface area contributed by atoms with Crippen molar-refractivity contribution >= 4 is 43.6 Å². The number of benzene rings is 1. The average molecular weight is 419 g/mol. The molecule has 5 nitrogen and oxygen atoms in total. The fraction of sp³-hybridized carbons (Fsp3) is 0.429. The van der Waals surface area contributed by atoms with Crippen molar-refractivity contribution in [2.45, 2.75) is 19.8 Å². The molecule has 1 aliphatic rings. The predicted molar refractivity (Wildman–Crippen MR) is 88.5 cm³/mol. The number of amidine groups is 1. The van der Waals surface area contributed by atoms with E-state index >= 15 is 0 Å². The SMILES string of the molecule is CC1(/C(N)=N/O)CCN(C(=O)c2cc(Br)cc(Br)c2)CC1. The Bertz CT molecular complexity index is 561.